The lowest BCUT2D eigenvalue weighted by molar-refractivity contribution is -0.143. The summed E-state index contributed by atoms with van der Waals surface area (Å²) >= 11 is 0. The molecule has 3 aromatic rings. The highest BCUT2D eigenvalue weighted by atomic mass is 19.1. The molecule has 2 heterocycles. The van der Waals surface area contributed by atoms with Gasteiger partial charge in [0.05, 0.1) is 36.9 Å². The fraction of sp³-hybridized carbons (Fsp3) is 0.464. The number of rotatable bonds is 5. The zero-order valence-corrected chi connectivity index (χ0v) is 21.7. The summed E-state index contributed by atoms with van der Waals surface area (Å²) in [4.78, 5) is 30.8. The first-order valence-electron chi connectivity index (χ1n) is 12.9. The molecule has 1 N–H and O–H groups in total. The minimum Gasteiger partial charge on any atom is -0.491 e. The average molecular weight is 528 g/mol. The number of fused-ring (bicyclic) bond motifs is 3. The van der Waals surface area contributed by atoms with Gasteiger partial charge < -0.3 is 19.1 Å². The number of nitrogens with zero attached hydrogens (tertiary/aromatic N) is 3. The molecular weight excluding hydrogens is 496 g/mol. The lowest BCUT2D eigenvalue weighted by atomic mass is 9.85. The van der Waals surface area contributed by atoms with Crippen LogP contribution in [0.3, 0.4) is 0 Å². The Kier molecular flexibility index (Phi) is 6.98. The number of amides is 1. The number of aryl methyl sites for hydroxylation is 1. The van der Waals surface area contributed by atoms with Crippen molar-refractivity contribution >= 4 is 28.8 Å². The Morgan fingerprint density at radius 2 is 1.76 bits per heavy atom. The van der Waals surface area contributed by atoms with Crippen LogP contribution in [0.2, 0.25) is 0 Å². The molecule has 0 spiro atoms. The van der Waals surface area contributed by atoms with Crippen LogP contribution in [0.25, 0.3) is 11.0 Å². The SMILES string of the molecule is COC(=O)N1c2ccc3c(nc(Cc4cc(F)c(OC)c(F)c4)n3[C@H]3CC[C@H](C(=O)O)CC3)c2CC[C@@H]1C. The minimum absolute atomic E-state index is 0.00387. The van der Waals surface area contributed by atoms with Crippen LogP contribution in [0.1, 0.15) is 62.0 Å². The normalized spacial score (nSPS) is 21.3. The van der Waals surface area contributed by atoms with E-state index in [0.717, 1.165) is 35.1 Å². The first-order chi connectivity index (χ1) is 18.2. The van der Waals surface area contributed by atoms with Gasteiger partial charge in [0.25, 0.3) is 0 Å². The van der Waals surface area contributed by atoms with Gasteiger partial charge in [-0.25, -0.2) is 18.6 Å². The number of aromatic nitrogens is 2. The van der Waals surface area contributed by atoms with Crippen LogP contribution < -0.4 is 9.64 Å². The van der Waals surface area contributed by atoms with Crippen LogP contribution in [0.15, 0.2) is 24.3 Å². The predicted octanol–water partition coefficient (Wildman–Crippen LogP) is 5.64. The highest BCUT2D eigenvalue weighted by molar-refractivity contribution is 5.95. The lowest BCUT2D eigenvalue weighted by Crippen LogP contribution is -2.42. The first kappa shape index (κ1) is 25.9. The molecule has 5 rings (SSSR count). The van der Waals surface area contributed by atoms with Crippen molar-refractivity contribution in [3.05, 3.63) is 52.9 Å². The summed E-state index contributed by atoms with van der Waals surface area (Å²) < 4.78 is 41.0. The Bertz CT molecular complexity index is 1370. The largest absolute Gasteiger partial charge is 0.491 e. The maximum Gasteiger partial charge on any atom is 0.414 e. The molecule has 0 saturated heterocycles. The number of halogens is 2. The number of carbonyl (C=O) groups excluding carboxylic acids is 1. The van der Waals surface area contributed by atoms with E-state index in [0.29, 0.717) is 37.1 Å². The van der Waals surface area contributed by atoms with E-state index in [2.05, 4.69) is 4.57 Å². The van der Waals surface area contributed by atoms with Crippen molar-refractivity contribution in [1.82, 2.24) is 9.55 Å². The fourth-order valence-electron chi connectivity index (χ4n) is 6.03. The Labute approximate surface area is 219 Å². The molecule has 0 bridgehead atoms. The molecular formula is C28H31F2N3O5. The summed E-state index contributed by atoms with van der Waals surface area (Å²) in [5.41, 5.74) is 3.70. The van der Waals surface area contributed by atoms with Gasteiger partial charge in [-0.15, -0.1) is 0 Å². The molecule has 1 aromatic heterocycles. The molecule has 2 aromatic carbocycles. The molecule has 202 valence electrons. The maximum atomic E-state index is 14.5. The van der Waals surface area contributed by atoms with Crippen molar-refractivity contribution in [3.63, 3.8) is 0 Å². The first-order valence-corrected chi connectivity index (χ1v) is 12.9. The third-order valence-corrected chi connectivity index (χ3v) is 7.93. The van der Waals surface area contributed by atoms with Crippen LogP contribution in [0.5, 0.6) is 5.75 Å². The van der Waals surface area contributed by atoms with Gasteiger partial charge in [-0.3, -0.25) is 9.69 Å². The summed E-state index contributed by atoms with van der Waals surface area (Å²) in [7, 11) is 2.57. The van der Waals surface area contributed by atoms with E-state index in [4.69, 9.17) is 14.5 Å². The van der Waals surface area contributed by atoms with Gasteiger partial charge in [0.15, 0.2) is 17.4 Å². The van der Waals surface area contributed by atoms with Crippen molar-refractivity contribution in [1.29, 1.82) is 0 Å². The Hall–Kier alpha value is -3.69. The fourth-order valence-corrected chi connectivity index (χ4v) is 6.03. The number of benzene rings is 2. The molecule has 8 nitrogen and oxygen atoms in total. The van der Waals surface area contributed by atoms with E-state index in [9.17, 15) is 23.5 Å². The molecule has 38 heavy (non-hydrogen) atoms. The van der Waals surface area contributed by atoms with Crippen LogP contribution in [0.4, 0.5) is 19.3 Å². The number of carbonyl (C=O) groups is 2. The smallest absolute Gasteiger partial charge is 0.414 e. The summed E-state index contributed by atoms with van der Waals surface area (Å²) in [6, 6.07) is 6.30. The lowest BCUT2D eigenvalue weighted by Gasteiger charge is -2.34. The highest BCUT2D eigenvalue weighted by Gasteiger charge is 2.33. The standard InChI is InChI=1S/C28H31F2N3O5/c1-15-4-9-19-22(32(15)28(36)38-3)10-11-23-25(19)31-24(14-16-12-20(29)26(37-2)21(30)13-16)33(23)18-7-5-17(6-8-18)27(34)35/h10-13,15,17-18H,4-9,14H2,1-3H3,(H,34,35)/t15-,17-,18-/m0/s1. The van der Waals surface area contributed by atoms with E-state index in [1.165, 1.54) is 26.4 Å². The molecule has 1 aliphatic carbocycles. The van der Waals surface area contributed by atoms with E-state index in [1.807, 2.05) is 19.1 Å². The molecule has 1 amide bonds. The zero-order chi connectivity index (χ0) is 27.1. The summed E-state index contributed by atoms with van der Waals surface area (Å²) in [5.74, 6) is -2.52. The summed E-state index contributed by atoms with van der Waals surface area (Å²) in [6.45, 7) is 1.97. The van der Waals surface area contributed by atoms with E-state index >= 15 is 0 Å². The van der Waals surface area contributed by atoms with Crippen LogP contribution in [0, 0.1) is 17.6 Å². The van der Waals surface area contributed by atoms with Gasteiger partial charge >= 0.3 is 12.1 Å². The molecule has 1 saturated carbocycles. The van der Waals surface area contributed by atoms with Crippen molar-refractivity contribution in [3.8, 4) is 5.75 Å². The number of hydrogen-bond donors (Lipinski definition) is 1. The predicted molar refractivity (Wildman–Crippen MR) is 137 cm³/mol. The number of imidazole rings is 1. The van der Waals surface area contributed by atoms with Crippen LogP contribution in [-0.2, 0) is 22.4 Å². The molecule has 0 radical (unpaired) electrons. The maximum absolute atomic E-state index is 14.5. The number of carboxylic acid groups (broad SMARTS) is 1. The topological polar surface area (TPSA) is 93.9 Å². The second-order valence-corrected chi connectivity index (χ2v) is 10.2. The molecule has 1 fully saturated rings. The zero-order valence-electron chi connectivity index (χ0n) is 21.7. The second-order valence-electron chi connectivity index (χ2n) is 10.2. The van der Waals surface area contributed by atoms with E-state index in [1.54, 1.807) is 4.90 Å². The molecule has 1 atom stereocenters. The van der Waals surface area contributed by atoms with E-state index in [-0.39, 0.29) is 24.4 Å². The number of anilines is 1. The molecule has 1 aliphatic heterocycles. The summed E-state index contributed by atoms with van der Waals surface area (Å²) in [6.07, 6.45) is 3.60. The minimum atomic E-state index is -0.785. The number of methoxy groups -OCH3 is 2. The van der Waals surface area contributed by atoms with Gasteiger partial charge in [-0.2, -0.15) is 0 Å². The van der Waals surface area contributed by atoms with Crippen molar-refractivity contribution < 1.29 is 33.0 Å². The third kappa shape index (κ3) is 4.46. The molecule has 2 aliphatic rings. The summed E-state index contributed by atoms with van der Waals surface area (Å²) in [5, 5.41) is 9.47. The average Bonchev–Trinajstić information content (AvgIpc) is 3.26. The monoisotopic (exact) mass is 527 g/mol. The van der Waals surface area contributed by atoms with Gasteiger partial charge in [-0.05, 0) is 75.3 Å². The number of aliphatic carboxylic acids is 1. The van der Waals surface area contributed by atoms with Crippen molar-refractivity contribution in [2.45, 2.75) is 64.0 Å². The number of carboxylic acids is 1. The molecule has 10 heteroatoms. The quantitative estimate of drug-likeness (QED) is 0.462. The van der Waals surface area contributed by atoms with Gasteiger partial charge in [0.2, 0.25) is 0 Å². The van der Waals surface area contributed by atoms with Crippen LogP contribution in [-0.4, -0.2) is 47.0 Å². The second kappa shape index (κ2) is 10.2. The number of ether oxygens (including phenoxy) is 2. The van der Waals surface area contributed by atoms with Gasteiger partial charge in [0.1, 0.15) is 5.82 Å². The van der Waals surface area contributed by atoms with Crippen molar-refractivity contribution in [2.75, 3.05) is 19.1 Å². The highest BCUT2D eigenvalue weighted by Crippen LogP contribution is 2.41. The Morgan fingerprint density at radius 1 is 1.08 bits per heavy atom. The molecule has 0 unspecified atom stereocenters. The van der Waals surface area contributed by atoms with E-state index < -0.39 is 29.4 Å². The number of hydrogen-bond acceptors (Lipinski definition) is 5. The van der Waals surface area contributed by atoms with Gasteiger partial charge in [0, 0.05) is 24.1 Å². The van der Waals surface area contributed by atoms with Gasteiger partial charge in [-0.1, -0.05) is 0 Å². The van der Waals surface area contributed by atoms with Crippen LogP contribution >= 0.6 is 0 Å². The van der Waals surface area contributed by atoms with Crippen molar-refractivity contribution in [2.24, 2.45) is 5.92 Å². The Morgan fingerprint density at radius 3 is 2.37 bits per heavy atom. The Balaban J connectivity index is 1.62. The third-order valence-electron chi connectivity index (χ3n) is 7.93.